The Bertz CT molecular complexity index is 941. The van der Waals surface area contributed by atoms with E-state index in [2.05, 4.69) is 10.2 Å². The van der Waals surface area contributed by atoms with Gasteiger partial charge in [0.05, 0.1) is 11.9 Å². The highest BCUT2D eigenvalue weighted by molar-refractivity contribution is 7.92. The lowest BCUT2D eigenvalue weighted by Gasteiger charge is -2.28. The average molecular weight is 434 g/mol. The van der Waals surface area contributed by atoms with Crippen molar-refractivity contribution < 1.29 is 17.6 Å². The van der Waals surface area contributed by atoms with Crippen molar-refractivity contribution in [3.63, 3.8) is 0 Å². The quantitative estimate of drug-likeness (QED) is 0.683. The Balaban J connectivity index is 1.51. The summed E-state index contributed by atoms with van der Waals surface area (Å²) in [7, 11) is -3.53. The van der Waals surface area contributed by atoms with Crippen molar-refractivity contribution in [3.05, 3.63) is 54.3 Å². The van der Waals surface area contributed by atoms with E-state index in [9.17, 15) is 17.6 Å². The van der Waals surface area contributed by atoms with Gasteiger partial charge in [0, 0.05) is 37.4 Å². The van der Waals surface area contributed by atoms with Crippen LogP contribution in [0.25, 0.3) is 0 Å². The zero-order chi connectivity index (χ0) is 21.6. The maximum atomic E-state index is 13.1. The third-order valence-electron chi connectivity index (χ3n) is 5.15. The molecule has 6 nitrogen and oxygen atoms in total. The summed E-state index contributed by atoms with van der Waals surface area (Å²) in [6.45, 7) is 2.28. The van der Waals surface area contributed by atoms with Gasteiger partial charge in [-0.25, -0.2) is 12.8 Å². The molecule has 1 aliphatic heterocycles. The number of anilines is 3. The van der Waals surface area contributed by atoms with Crippen molar-refractivity contribution in [1.29, 1.82) is 0 Å². The SMILES string of the molecule is CS(=O)(=O)N(CCCC(=O)Nc1ccc(N2CCCCC2)cc1)c1ccc(F)cc1. The molecule has 0 unspecified atom stereocenters. The zero-order valence-electron chi connectivity index (χ0n) is 17.2. The summed E-state index contributed by atoms with van der Waals surface area (Å²) >= 11 is 0. The van der Waals surface area contributed by atoms with Gasteiger partial charge in [-0.3, -0.25) is 9.10 Å². The molecule has 0 aromatic heterocycles. The Morgan fingerprint density at radius 1 is 1.03 bits per heavy atom. The standard InChI is InChI=1S/C22H28FN3O3S/c1-30(28,29)26(21-11-7-18(23)8-12-21)17-5-6-22(27)24-19-9-13-20(14-10-19)25-15-3-2-4-16-25/h7-14H,2-6,15-17H2,1H3,(H,24,27). The van der Waals surface area contributed by atoms with Crippen LogP contribution in [0, 0.1) is 5.82 Å². The third-order valence-corrected chi connectivity index (χ3v) is 6.35. The Morgan fingerprint density at radius 2 is 1.67 bits per heavy atom. The molecule has 3 rings (SSSR count). The number of halogens is 1. The molecule has 30 heavy (non-hydrogen) atoms. The highest BCUT2D eigenvalue weighted by Gasteiger charge is 2.18. The number of nitrogens with one attached hydrogen (secondary N) is 1. The van der Waals surface area contributed by atoms with Crippen molar-refractivity contribution in [2.45, 2.75) is 32.1 Å². The van der Waals surface area contributed by atoms with E-state index in [0.717, 1.165) is 30.7 Å². The number of hydrogen-bond donors (Lipinski definition) is 1. The van der Waals surface area contributed by atoms with Crippen molar-refractivity contribution in [1.82, 2.24) is 0 Å². The predicted molar refractivity (Wildman–Crippen MR) is 119 cm³/mol. The molecule has 2 aromatic carbocycles. The lowest BCUT2D eigenvalue weighted by Crippen LogP contribution is -2.31. The average Bonchev–Trinajstić information content (AvgIpc) is 2.72. The van der Waals surface area contributed by atoms with Crippen LogP contribution in [-0.4, -0.2) is 40.2 Å². The second-order valence-corrected chi connectivity index (χ2v) is 9.46. The highest BCUT2D eigenvalue weighted by Crippen LogP contribution is 2.22. The molecule has 1 N–H and O–H groups in total. The molecule has 1 aliphatic rings. The molecule has 0 aliphatic carbocycles. The van der Waals surface area contributed by atoms with E-state index < -0.39 is 15.8 Å². The van der Waals surface area contributed by atoms with Crippen LogP contribution < -0.4 is 14.5 Å². The molecule has 1 fully saturated rings. The summed E-state index contributed by atoms with van der Waals surface area (Å²) in [6, 6.07) is 13.1. The molecule has 8 heteroatoms. The summed E-state index contributed by atoms with van der Waals surface area (Å²) in [5, 5.41) is 2.86. The molecule has 0 atom stereocenters. The minimum atomic E-state index is -3.53. The second-order valence-electron chi connectivity index (χ2n) is 7.56. The third kappa shape index (κ3) is 6.19. The molecule has 0 saturated carbocycles. The molecule has 2 aromatic rings. The van der Waals surface area contributed by atoms with Gasteiger partial charge < -0.3 is 10.2 Å². The van der Waals surface area contributed by atoms with Gasteiger partial charge in [0.25, 0.3) is 0 Å². The van der Waals surface area contributed by atoms with E-state index >= 15 is 0 Å². The summed E-state index contributed by atoms with van der Waals surface area (Å²) in [5.74, 6) is -0.605. The summed E-state index contributed by atoms with van der Waals surface area (Å²) < 4.78 is 38.5. The molecule has 1 amide bonds. The fraction of sp³-hybridized carbons (Fsp3) is 0.409. The van der Waals surface area contributed by atoms with Crippen LogP contribution in [0.1, 0.15) is 32.1 Å². The van der Waals surface area contributed by atoms with Gasteiger partial charge in [-0.1, -0.05) is 0 Å². The number of amides is 1. The monoisotopic (exact) mass is 433 g/mol. The van der Waals surface area contributed by atoms with E-state index in [-0.39, 0.29) is 18.9 Å². The molecule has 0 radical (unpaired) electrons. The van der Waals surface area contributed by atoms with E-state index in [1.165, 1.54) is 47.8 Å². The van der Waals surface area contributed by atoms with E-state index in [1.54, 1.807) is 0 Å². The number of piperidine rings is 1. The number of hydrogen-bond acceptors (Lipinski definition) is 4. The van der Waals surface area contributed by atoms with Crippen LogP contribution in [0.4, 0.5) is 21.5 Å². The second kappa shape index (κ2) is 9.93. The maximum absolute atomic E-state index is 13.1. The van der Waals surface area contributed by atoms with Crippen molar-refractivity contribution in [2.24, 2.45) is 0 Å². The smallest absolute Gasteiger partial charge is 0.232 e. The molecular weight excluding hydrogens is 405 g/mol. The van der Waals surface area contributed by atoms with Crippen LogP contribution in [0.15, 0.2) is 48.5 Å². The Morgan fingerprint density at radius 3 is 2.27 bits per heavy atom. The molecule has 0 bridgehead atoms. The number of carbonyl (C=O) groups is 1. The number of sulfonamides is 1. The lowest BCUT2D eigenvalue weighted by molar-refractivity contribution is -0.116. The van der Waals surface area contributed by atoms with Crippen molar-refractivity contribution in [3.8, 4) is 0 Å². The Kier molecular flexibility index (Phi) is 7.31. The van der Waals surface area contributed by atoms with E-state index in [1.807, 2.05) is 24.3 Å². The number of rotatable bonds is 8. The fourth-order valence-corrected chi connectivity index (χ4v) is 4.57. The molecule has 0 spiro atoms. The minimum Gasteiger partial charge on any atom is -0.372 e. The van der Waals surface area contributed by atoms with Gasteiger partial charge in [0.15, 0.2) is 0 Å². The first-order chi connectivity index (χ1) is 14.3. The number of carbonyl (C=O) groups excluding carboxylic acids is 1. The Hall–Kier alpha value is -2.61. The fourth-order valence-electron chi connectivity index (χ4n) is 3.61. The molecule has 162 valence electrons. The molecule has 1 saturated heterocycles. The van der Waals surface area contributed by atoms with Gasteiger partial charge in [-0.15, -0.1) is 0 Å². The van der Waals surface area contributed by atoms with Crippen LogP contribution >= 0.6 is 0 Å². The van der Waals surface area contributed by atoms with Crippen molar-refractivity contribution in [2.75, 3.05) is 40.4 Å². The van der Waals surface area contributed by atoms with E-state index in [0.29, 0.717) is 12.1 Å². The number of nitrogens with zero attached hydrogens (tertiary/aromatic N) is 2. The van der Waals surface area contributed by atoms with Crippen LogP contribution in [0.3, 0.4) is 0 Å². The largest absolute Gasteiger partial charge is 0.372 e. The van der Waals surface area contributed by atoms with Gasteiger partial charge in [-0.05, 0) is 74.2 Å². The highest BCUT2D eigenvalue weighted by atomic mass is 32.2. The number of benzene rings is 2. The Labute approximate surface area is 177 Å². The van der Waals surface area contributed by atoms with Crippen LogP contribution in [0.5, 0.6) is 0 Å². The van der Waals surface area contributed by atoms with Gasteiger partial charge in [-0.2, -0.15) is 0 Å². The van der Waals surface area contributed by atoms with Gasteiger partial charge >= 0.3 is 0 Å². The normalized spacial score (nSPS) is 14.4. The van der Waals surface area contributed by atoms with E-state index in [4.69, 9.17) is 0 Å². The van der Waals surface area contributed by atoms with Crippen molar-refractivity contribution >= 4 is 33.0 Å². The summed E-state index contributed by atoms with van der Waals surface area (Å²) in [5.41, 5.74) is 2.27. The van der Waals surface area contributed by atoms with Gasteiger partial charge in [0.2, 0.25) is 15.9 Å². The minimum absolute atomic E-state index is 0.145. The first-order valence-electron chi connectivity index (χ1n) is 10.2. The summed E-state index contributed by atoms with van der Waals surface area (Å²) in [4.78, 5) is 14.6. The van der Waals surface area contributed by atoms with Crippen LogP contribution in [-0.2, 0) is 14.8 Å². The lowest BCUT2D eigenvalue weighted by atomic mass is 10.1. The zero-order valence-corrected chi connectivity index (χ0v) is 18.0. The topological polar surface area (TPSA) is 69.7 Å². The van der Waals surface area contributed by atoms with Crippen LogP contribution in [0.2, 0.25) is 0 Å². The molecule has 1 heterocycles. The predicted octanol–water partition coefficient (Wildman–Crippen LogP) is 4.00. The van der Waals surface area contributed by atoms with Gasteiger partial charge in [0.1, 0.15) is 5.82 Å². The maximum Gasteiger partial charge on any atom is 0.232 e. The first kappa shape index (κ1) is 22.1. The molecular formula is C22H28FN3O3S. The first-order valence-corrected chi connectivity index (χ1v) is 12.1. The summed E-state index contributed by atoms with van der Waals surface area (Å²) in [6.07, 6.45) is 5.33.